The number of hydrogen-bond acceptors (Lipinski definition) is 3. The van der Waals surface area contributed by atoms with E-state index in [1.165, 1.54) is 11.1 Å². The molecule has 3 nitrogen and oxygen atoms in total. The molecule has 0 aliphatic heterocycles. The Morgan fingerprint density at radius 2 is 1.77 bits per heavy atom. The second-order valence-corrected chi connectivity index (χ2v) is 7.97. The van der Waals surface area contributed by atoms with Crippen molar-refractivity contribution in [2.24, 2.45) is 0 Å². The zero-order chi connectivity index (χ0) is 24.1. The van der Waals surface area contributed by atoms with Gasteiger partial charge < -0.3 is 14.2 Å². The molecule has 0 fully saturated rings. The van der Waals surface area contributed by atoms with Crippen molar-refractivity contribution in [1.29, 1.82) is 0 Å². The predicted molar refractivity (Wildman–Crippen MR) is 136 cm³/mol. The number of hydrogen-bond donors (Lipinski definition) is 0. The number of ether oxygens (including phenoxy) is 3. The van der Waals surface area contributed by atoms with Gasteiger partial charge in [-0.2, -0.15) is 0 Å². The van der Waals surface area contributed by atoms with Gasteiger partial charge in [-0.25, -0.2) is 0 Å². The van der Waals surface area contributed by atoms with Gasteiger partial charge in [0.2, 0.25) is 0 Å². The first-order chi connectivity index (χ1) is 14.7. The van der Waals surface area contributed by atoms with Crippen LogP contribution in [0.5, 0.6) is 0 Å². The van der Waals surface area contributed by atoms with Crippen molar-refractivity contribution in [2.75, 3.05) is 20.3 Å². The summed E-state index contributed by atoms with van der Waals surface area (Å²) in [6.45, 7) is 17.7. The minimum Gasteiger partial charge on any atom is -0.378 e. The van der Waals surface area contributed by atoms with E-state index in [2.05, 4.69) is 78.2 Å². The molecular weight excluding hydrogens is 384 g/mol. The van der Waals surface area contributed by atoms with Crippen LogP contribution in [0.1, 0.15) is 81.1 Å². The van der Waals surface area contributed by atoms with Gasteiger partial charge in [0.05, 0.1) is 31.0 Å². The summed E-state index contributed by atoms with van der Waals surface area (Å²) in [5.74, 6) is 2.25. The maximum atomic E-state index is 6.13. The van der Waals surface area contributed by atoms with Crippen molar-refractivity contribution in [3.63, 3.8) is 0 Å². The Kier molecular flexibility index (Phi) is 20.7. The van der Waals surface area contributed by atoms with Crippen molar-refractivity contribution >= 4 is 0 Å². The molecule has 0 amide bonds. The number of terminal acetylenes is 1. The van der Waals surface area contributed by atoms with E-state index < -0.39 is 0 Å². The van der Waals surface area contributed by atoms with Crippen molar-refractivity contribution in [1.82, 2.24) is 0 Å². The van der Waals surface area contributed by atoms with Crippen LogP contribution >= 0.6 is 0 Å². The van der Waals surface area contributed by atoms with Gasteiger partial charge in [-0.1, -0.05) is 55.4 Å². The fourth-order valence-corrected chi connectivity index (χ4v) is 3.09. The lowest BCUT2D eigenvalue weighted by Crippen LogP contribution is -2.32. The molecule has 2 atom stereocenters. The van der Waals surface area contributed by atoms with E-state index in [1.807, 2.05) is 19.1 Å². The van der Waals surface area contributed by atoms with Gasteiger partial charge in [0.1, 0.15) is 0 Å². The van der Waals surface area contributed by atoms with Gasteiger partial charge in [0, 0.05) is 7.11 Å². The Hall–Kier alpha value is -1.60. The summed E-state index contributed by atoms with van der Waals surface area (Å²) >= 11 is 0. The standard InChI is InChI=1S/C25H44O3.C3H4/c1-9-12-13-14-23(11-3)15-18-28-22(6)20-24(16-19-27-21(4)5)25(7,26-8)17-10-2;1-3-2/h9,11-14,16,21-22H,10,15,17-20H2,1-8H3;1H,2H3/b12-9+,14-13-,23-11+,24-16+;. The third-order valence-corrected chi connectivity index (χ3v) is 4.90. The quantitative estimate of drug-likeness (QED) is 0.153. The van der Waals surface area contributed by atoms with Gasteiger partial charge in [-0.15, -0.1) is 12.3 Å². The smallest absolute Gasteiger partial charge is 0.0861 e. The first-order valence-electron chi connectivity index (χ1n) is 11.5. The number of allylic oxidation sites excluding steroid dienone is 5. The summed E-state index contributed by atoms with van der Waals surface area (Å²) < 4.78 is 17.8. The molecule has 0 bridgehead atoms. The average molecular weight is 433 g/mol. The summed E-state index contributed by atoms with van der Waals surface area (Å²) in [6, 6.07) is 0. The molecule has 0 aliphatic carbocycles. The zero-order valence-electron chi connectivity index (χ0n) is 21.7. The van der Waals surface area contributed by atoms with Crippen LogP contribution in [0.4, 0.5) is 0 Å². The zero-order valence-corrected chi connectivity index (χ0v) is 21.7. The van der Waals surface area contributed by atoms with E-state index >= 15 is 0 Å². The highest BCUT2D eigenvalue weighted by atomic mass is 16.5. The van der Waals surface area contributed by atoms with Crippen LogP contribution in [0.15, 0.2) is 47.6 Å². The topological polar surface area (TPSA) is 27.7 Å². The van der Waals surface area contributed by atoms with Crippen LogP contribution in [-0.2, 0) is 14.2 Å². The molecule has 0 N–H and O–H groups in total. The Labute approximate surface area is 193 Å². The fourth-order valence-electron chi connectivity index (χ4n) is 3.09. The van der Waals surface area contributed by atoms with Crippen LogP contribution in [0.3, 0.4) is 0 Å². The third-order valence-electron chi connectivity index (χ3n) is 4.90. The maximum Gasteiger partial charge on any atom is 0.0861 e. The molecule has 31 heavy (non-hydrogen) atoms. The minimum atomic E-state index is -0.267. The van der Waals surface area contributed by atoms with E-state index in [0.717, 1.165) is 25.7 Å². The summed E-state index contributed by atoms with van der Waals surface area (Å²) in [7, 11) is 1.80. The van der Waals surface area contributed by atoms with E-state index in [9.17, 15) is 0 Å². The highest BCUT2D eigenvalue weighted by Crippen LogP contribution is 2.30. The Morgan fingerprint density at radius 3 is 2.26 bits per heavy atom. The highest BCUT2D eigenvalue weighted by molar-refractivity contribution is 5.21. The van der Waals surface area contributed by atoms with Crippen LogP contribution < -0.4 is 0 Å². The van der Waals surface area contributed by atoms with E-state index in [4.69, 9.17) is 14.2 Å². The number of methoxy groups -OCH3 is 1. The normalized spacial score (nSPS) is 15.6. The first-order valence-corrected chi connectivity index (χ1v) is 11.5. The van der Waals surface area contributed by atoms with Gasteiger partial charge in [-0.3, -0.25) is 0 Å². The largest absolute Gasteiger partial charge is 0.378 e. The molecule has 0 rings (SSSR count). The number of rotatable bonds is 15. The van der Waals surface area contributed by atoms with Gasteiger partial charge in [-0.05, 0) is 73.3 Å². The van der Waals surface area contributed by atoms with E-state index in [1.54, 1.807) is 14.0 Å². The van der Waals surface area contributed by atoms with E-state index in [-0.39, 0.29) is 17.8 Å². The van der Waals surface area contributed by atoms with E-state index in [0.29, 0.717) is 13.2 Å². The fraction of sp³-hybridized carbons (Fsp3) is 0.643. The lowest BCUT2D eigenvalue weighted by atomic mass is 9.87. The molecule has 0 saturated carbocycles. The van der Waals surface area contributed by atoms with Gasteiger partial charge in [0.25, 0.3) is 0 Å². The Morgan fingerprint density at radius 1 is 1.13 bits per heavy atom. The van der Waals surface area contributed by atoms with Crippen molar-refractivity contribution in [3.8, 4) is 12.3 Å². The summed E-state index contributed by atoms with van der Waals surface area (Å²) in [4.78, 5) is 0. The molecule has 2 unspecified atom stereocenters. The lowest BCUT2D eigenvalue weighted by Gasteiger charge is -2.33. The molecule has 0 heterocycles. The summed E-state index contributed by atoms with van der Waals surface area (Å²) in [6.07, 6.45) is 21.4. The SMILES string of the molecule is C#CC.C\C=C(/C=C\C=C\C)CCOC(C)C/C(=C\COC(C)C)C(C)(CCC)OC. The Balaban J connectivity index is 0. The molecule has 0 saturated heterocycles. The summed E-state index contributed by atoms with van der Waals surface area (Å²) in [5.41, 5.74) is 2.29. The highest BCUT2D eigenvalue weighted by Gasteiger charge is 2.28. The predicted octanol–water partition coefficient (Wildman–Crippen LogP) is 7.45. The van der Waals surface area contributed by atoms with Crippen molar-refractivity contribution in [2.45, 2.75) is 98.9 Å². The van der Waals surface area contributed by atoms with Crippen LogP contribution in [-0.4, -0.2) is 38.1 Å². The molecule has 0 aliphatic rings. The lowest BCUT2D eigenvalue weighted by molar-refractivity contribution is 0.0119. The second-order valence-electron chi connectivity index (χ2n) is 7.97. The van der Waals surface area contributed by atoms with Crippen LogP contribution in [0.25, 0.3) is 0 Å². The second kappa shape index (κ2) is 20.3. The maximum absolute atomic E-state index is 6.13. The van der Waals surface area contributed by atoms with Crippen molar-refractivity contribution in [3.05, 3.63) is 47.6 Å². The molecular formula is C28H48O3. The Bertz CT molecular complexity index is 590. The van der Waals surface area contributed by atoms with Crippen LogP contribution in [0.2, 0.25) is 0 Å². The van der Waals surface area contributed by atoms with Crippen molar-refractivity contribution < 1.29 is 14.2 Å². The molecule has 0 spiro atoms. The third kappa shape index (κ3) is 16.7. The van der Waals surface area contributed by atoms with Gasteiger partial charge >= 0.3 is 0 Å². The molecule has 0 aromatic heterocycles. The average Bonchev–Trinajstić information content (AvgIpc) is 2.72. The monoisotopic (exact) mass is 432 g/mol. The first kappa shape index (κ1) is 31.6. The minimum absolute atomic E-state index is 0.134. The van der Waals surface area contributed by atoms with Crippen LogP contribution in [0, 0.1) is 12.3 Å². The molecule has 0 radical (unpaired) electrons. The van der Waals surface area contributed by atoms with Gasteiger partial charge in [0.15, 0.2) is 0 Å². The molecule has 178 valence electrons. The summed E-state index contributed by atoms with van der Waals surface area (Å²) in [5, 5.41) is 0. The molecule has 0 aromatic carbocycles. The molecule has 0 aromatic rings. The molecule has 3 heteroatoms.